The minimum atomic E-state index is -0.323. The van der Waals surface area contributed by atoms with Gasteiger partial charge in [0.05, 0.1) is 12.7 Å². The van der Waals surface area contributed by atoms with E-state index in [4.69, 9.17) is 11.6 Å². The molecule has 0 fully saturated rings. The largest absolute Gasteiger partial charge is 0.310 e. The molecule has 3 nitrogen and oxygen atoms in total. The molecule has 1 aromatic carbocycles. The standard InChI is InChI=1S/C14H17ClFN3/c1-10(2)17-6-11-7-18-19(8-11)9-12-3-4-13(16)5-14(12)15/h3-5,7-8,10,17H,6,9H2,1-2H3. The molecule has 0 aliphatic rings. The maximum Gasteiger partial charge on any atom is 0.124 e. The highest BCUT2D eigenvalue weighted by atomic mass is 35.5. The van der Waals surface area contributed by atoms with E-state index in [1.54, 1.807) is 10.7 Å². The molecule has 0 bridgehead atoms. The predicted octanol–water partition coefficient (Wildman–Crippen LogP) is 3.22. The SMILES string of the molecule is CC(C)NCc1cnn(Cc2ccc(F)cc2Cl)c1. The normalized spacial score (nSPS) is 11.2. The molecular weight excluding hydrogens is 265 g/mol. The van der Waals surface area contributed by atoms with Crippen molar-refractivity contribution in [2.24, 2.45) is 0 Å². The van der Waals surface area contributed by atoms with Gasteiger partial charge in [-0.3, -0.25) is 4.68 Å². The summed E-state index contributed by atoms with van der Waals surface area (Å²) in [5, 5.41) is 8.03. The van der Waals surface area contributed by atoms with Crippen molar-refractivity contribution < 1.29 is 4.39 Å². The van der Waals surface area contributed by atoms with Gasteiger partial charge in [-0.25, -0.2) is 4.39 Å². The monoisotopic (exact) mass is 281 g/mol. The second kappa shape index (κ2) is 6.17. The average molecular weight is 282 g/mol. The molecule has 0 saturated heterocycles. The van der Waals surface area contributed by atoms with Crippen molar-refractivity contribution in [3.63, 3.8) is 0 Å². The number of aromatic nitrogens is 2. The van der Waals surface area contributed by atoms with Crippen molar-refractivity contribution in [3.05, 3.63) is 52.6 Å². The van der Waals surface area contributed by atoms with Crippen molar-refractivity contribution in [1.29, 1.82) is 0 Å². The first-order valence-corrected chi connectivity index (χ1v) is 6.61. The Bertz CT molecular complexity index is 551. The summed E-state index contributed by atoms with van der Waals surface area (Å²) in [7, 11) is 0. The predicted molar refractivity (Wildman–Crippen MR) is 74.7 cm³/mol. The first kappa shape index (κ1) is 14.0. The molecule has 5 heteroatoms. The summed E-state index contributed by atoms with van der Waals surface area (Å²) < 4.78 is 14.8. The smallest absolute Gasteiger partial charge is 0.124 e. The Morgan fingerprint density at radius 1 is 1.42 bits per heavy atom. The fourth-order valence-corrected chi connectivity index (χ4v) is 1.96. The van der Waals surface area contributed by atoms with E-state index in [0.29, 0.717) is 17.6 Å². The second-order valence-corrected chi connectivity index (χ2v) is 5.22. The zero-order valence-corrected chi connectivity index (χ0v) is 11.8. The van der Waals surface area contributed by atoms with E-state index in [1.165, 1.54) is 12.1 Å². The van der Waals surface area contributed by atoms with Crippen LogP contribution in [0.15, 0.2) is 30.6 Å². The van der Waals surface area contributed by atoms with Crippen LogP contribution in [0.2, 0.25) is 5.02 Å². The number of nitrogens with zero attached hydrogens (tertiary/aromatic N) is 2. The van der Waals surface area contributed by atoms with E-state index in [2.05, 4.69) is 24.3 Å². The van der Waals surface area contributed by atoms with Crippen LogP contribution in [0.1, 0.15) is 25.0 Å². The highest BCUT2D eigenvalue weighted by molar-refractivity contribution is 6.31. The molecule has 1 N–H and O–H groups in total. The zero-order chi connectivity index (χ0) is 13.8. The number of rotatable bonds is 5. The van der Waals surface area contributed by atoms with Gasteiger partial charge in [-0.1, -0.05) is 31.5 Å². The van der Waals surface area contributed by atoms with Gasteiger partial charge in [-0.15, -0.1) is 0 Å². The Balaban J connectivity index is 2.03. The molecule has 102 valence electrons. The average Bonchev–Trinajstić information content (AvgIpc) is 2.78. The number of hydrogen-bond donors (Lipinski definition) is 1. The Kier molecular flexibility index (Phi) is 4.56. The molecular formula is C14H17ClFN3. The zero-order valence-electron chi connectivity index (χ0n) is 11.0. The van der Waals surface area contributed by atoms with Crippen LogP contribution in [0.25, 0.3) is 0 Å². The summed E-state index contributed by atoms with van der Waals surface area (Å²) >= 11 is 6.00. The van der Waals surface area contributed by atoms with Gasteiger partial charge in [-0.05, 0) is 17.7 Å². The summed E-state index contributed by atoms with van der Waals surface area (Å²) in [5.74, 6) is -0.323. The third-order valence-corrected chi connectivity index (χ3v) is 3.10. The van der Waals surface area contributed by atoms with E-state index in [9.17, 15) is 4.39 Å². The van der Waals surface area contributed by atoms with Gasteiger partial charge in [0.2, 0.25) is 0 Å². The molecule has 0 atom stereocenters. The van der Waals surface area contributed by atoms with E-state index >= 15 is 0 Å². The maximum atomic E-state index is 13.0. The first-order valence-electron chi connectivity index (χ1n) is 6.23. The summed E-state index contributed by atoms with van der Waals surface area (Å²) in [6, 6.07) is 4.86. The van der Waals surface area contributed by atoms with Crippen molar-refractivity contribution >= 4 is 11.6 Å². The molecule has 0 unspecified atom stereocenters. The summed E-state index contributed by atoms with van der Waals surface area (Å²) in [6.45, 7) is 5.53. The lowest BCUT2D eigenvalue weighted by molar-refractivity contribution is 0.588. The van der Waals surface area contributed by atoms with Crippen molar-refractivity contribution in [3.8, 4) is 0 Å². The highest BCUT2D eigenvalue weighted by Gasteiger charge is 2.05. The van der Waals surface area contributed by atoms with Crippen LogP contribution in [0.4, 0.5) is 4.39 Å². The van der Waals surface area contributed by atoms with E-state index in [0.717, 1.165) is 17.7 Å². The Labute approximate surface area is 117 Å². The molecule has 1 heterocycles. The Morgan fingerprint density at radius 3 is 2.89 bits per heavy atom. The van der Waals surface area contributed by atoms with E-state index in [-0.39, 0.29) is 5.82 Å². The highest BCUT2D eigenvalue weighted by Crippen LogP contribution is 2.18. The van der Waals surface area contributed by atoms with Gasteiger partial charge in [0.25, 0.3) is 0 Å². The molecule has 2 aromatic rings. The maximum absolute atomic E-state index is 13.0. The third kappa shape index (κ3) is 4.04. The molecule has 19 heavy (non-hydrogen) atoms. The third-order valence-electron chi connectivity index (χ3n) is 2.75. The van der Waals surface area contributed by atoms with Crippen LogP contribution in [0, 0.1) is 5.82 Å². The molecule has 2 rings (SSSR count). The van der Waals surface area contributed by atoms with Crippen LogP contribution in [0.3, 0.4) is 0 Å². The molecule has 0 aliphatic heterocycles. The van der Waals surface area contributed by atoms with Gasteiger partial charge in [0.15, 0.2) is 0 Å². The number of hydrogen-bond acceptors (Lipinski definition) is 2. The van der Waals surface area contributed by atoms with Gasteiger partial charge < -0.3 is 5.32 Å². The minimum absolute atomic E-state index is 0.323. The topological polar surface area (TPSA) is 29.9 Å². The fraction of sp³-hybridized carbons (Fsp3) is 0.357. The van der Waals surface area contributed by atoms with Crippen LogP contribution >= 0.6 is 11.6 Å². The van der Waals surface area contributed by atoms with Gasteiger partial charge in [-0.2, -0.15) is 5.10 Å². The molecule has 0 saturated carbocycles. The van der Waals surface area contributed by atoms with Crippen LogP contribution in [-0.4, -0.2) is 15.8 Å². The van der Waals surface area contributed by atoms with Crippen molar-refractivity contribution in [2.75, 3.05) is 0 Å². The van der Waals surface area contributed by atoms with Crippen LogP contribution in [-0.2, 0) is 13.1 Å². The van der Waals surface area contributed by atoms with Gasteiger partial charge in [0.1, 0.15) is 5.82 Å². The van der Waals surface area contributed by atoms with Gasteiger partial charge in [0, 0.05) is 29.4 Å². The molecule has 0 aliphatic carbocycles. The van der Waals surface area contributed by atoms with E-state index in [1.807, 2.05) is 12.4 Å². The summed E-state index contributed by atoms with van der Waals surface area (Å²) in [5.41, 5.74) is 1.97. The quantitative estimate of drug-likeness (QED) is 0.912. The second-order valence-electron chi connectivity index (χ2n) is 4.82. The Hall–Kier alpha value is -1.39. The lowest BCUT2D eigenvalue weighted by Gasteiger charge is -2.06. The molecule has 1 aromatic heterocycles. The lowest BCUT2D eigenvalue weighted by Crippen LogP contribution is -2.21. The number of nitrogens with one attached hydrogen (secondary N) is 1. The van der Waals surface area contributed by atoms with Crippen LogP contribution in [0.5, 0.6) is 0 Å². The van der Waals surface area contributed by atoms with Crippen molar-refractivity contribution in [2.45, 2.75) is 33.0 Å². The van der Waals surface area contributed by atoms with Crippen LogP contribution < -0.4 is 5.32 Å². The molecule has 0 amide bonds. The molecule has 0 spiro atoms. The van der Waals surface area contributed by atoms with Gasteiger partial charge >= 0.3 is 0 Å². The minimum Gasteiger partial charge on any atom is -0.310 e. The fourth-order valence-electron chi connectivity index (χ4n) is 1.73. The first-order chi connectivity index (χ1) is 9.04. The Morgan fingerprint density at radius 2 is 2.21 bits per heavy atom. The number of benzene rings is 1. The van der Waals surface area contributed by atoms with E-state index < -0.39 is 0 Å². The number of halogens is 2. The summed E-state index contributed by atoms with van der Waals surface area (Å²) in [4.78, 5) is 0. The van der Waals surface area contributed by atoms with Crippen molar-refractivity contribution in [1.82, 2.24) is 15.1 Å². The lowest BCUT2D eigenvalue weighted by atomic mass is 10.2. The summed E-state index contributed by atoms with van der Waals surface area (Å²) in [6.07, 6.45) is 3.79. The molecule has 0 radical (unpaired) electrons.